The van der Waals surface area contributed by atoms with Crippen molar-refractivity contribution in [1.82, 2.24) is 4.90 Å². The van der Waals surface area contributed by atoms with Crippen molar-refractivity contribution in [2.75, 3.05) is 14.1 Å². The molecule has 2 atom stereocenters. The molecule has 0 amide bonds. The summed E-state index contributed by atoms with van der Waals surface area (Å²) in [5.74, 6) is 0. The monoisotopic (exact) mass is 128 g/mol. The summed E-state index contributed by atoms with van der Waals surface area (Å²) in [7, 11) is 4.21. The Morgan fingerprint density at radius 1 is 1.33 bits per heavy atom. The molecule has 0 aromatic heterocycles. The van der Waals surface area contributed by atoms with E-state index in [2.05, 4.69) is 19.0 Å². The minimum absolute atomic E-state index is 0.431. The zero-order chi connectivity index (χ0) is 6.85. The van der Waals surface area contributed by atoms with Crippen molar-refractivity contribution in [3.63, 3.8) is 0 Å². The van der Waals surface area contributed by atoms with Crippen LogP contribution in [0.5, 0.6) is 0 Å². The molecule has 2 unspecified atom stereocenters. The van der Waals surface area contributed by atoms with Gasteiger partial charge in [-0.1, -0.05) is 6.42 Å². The van der Waals surface area contributed by atoms with E-state index < -0.39 is 0 Å². The van der Waals surface area contributed by atoms with E-state index in [0.717, 1.165) is 0 Å². The van der Waals surface area contributed by atoms with Gasteiger partial charge in [0.05, 0.1) is 0 Å². The van der Waals surface area contributed by atoms with E-state index in [0.29, 0.717) is 12.1 Å². The normalized spacial score (nSPS) is 36.0. The molecule has 0 aromatic rings. The lowest BCUT2D eigenvalue weighted by Crippen LogP contribution is -2.39. The lowest BCUT2D eigenvalue weighted by Gasteiger charge is -2.22. The average molecular weight is 128 g/mol. The molecule has 0 heterocycles. The van der Waals surface area contributed by atoms with Crippen molar-refractivity contribution < 1.29 is 0 Å². The second kappa shape index (κ2) is 2.67. The van der Waals surface area contributed by atoms with Crippen molar-refractivity contribution in [2.45, 2.75) is 31.3 Å². The molecule has 54 valence electrons. The van der Waals surface area contributed by atoms with Gasteiger partial charge < -0.3 is 10.6 Å². The molecule has 0 spiro atoms. The second-order valence-electron chi connectivity index (χ2n) is 3.13. The molecule has 0 saturated heterocycles. The molecular formula is C7H16N2. The van der Waals surface area contributed by atoms with Crippen LogP contribution < -0.4 is 5.73 Å². The zero-order valence-electron chi connectivity index (χ0n) is 6.30. The number of nitrogens with two attached hydrogens (primary N) is 1. The van der Waals surface area contributed by atoms with Crippen LogP contribution >= 0.6 is 0 Å². The van der Waals surface area contributed by atoms with E-state index in [-0.39, 0.29) is 0 Å². The first-order valence-corrected chi connectivity index (χ1v) is 3.64. The second-order valence-corrected chi connectivity index (χ2v) is 3.13. The summed E-state index contributed by atoms with van der Waals surface area (Å²) in [6.07, 6.45) is 3.81. The highest BCUT2D eigenvalue weighted by Gasteiger charge is 2.24. The van der Waals surface area contributed by atoms with Crippen LogP contribution in [0.2, 0.25) is 0 Å². The average Bonchev–Trinajstić information content (AvgIpc) is 2.13. The number of rotatable bonds is 1. The van der Waals surface area contributed by atoms with Crippen LogP contribution in [0, 0.1) is 0 Å². The maximum Gasteiger partial charge on any atom is 0.0241 e. The standard InChI is InChI=1S/C7H16N2/c1-9(2)7-5-3-4-6(7)8/h6-7H,3-5,8H2,1-2H3. The Morgan fingerprint density at radius 2 is 2.00 bits per heavy atom. The number of likely N-dealkylation sites (N-methyl/N-ethyl adjacent to an activating group) is 1. The third-order valence-electron chi connectivity index (χ3n) is 2.19. The summed E-state index contributed by atoms with van der Waals surface area (Å²) in [6.45, 7) is 0. The Hall–Kier alpha value is -0.0800. The molecule has 0 aliphatic heterocycles. The van der Waals surface area contributed by atoms with Crippen molar-refractivity contribution in [3.8, 4) is 0 Å². The smallest absolute Gasteiger partial charge is 0.0241 e. The van der Waals surface area contributed by atoms with Crippen LogP contribution in [0.1, 0.15) is 19.3 Å². The maximum atomic E-state index is 5.84. The number of hydrogen-bond donors (Lipinski definition) is 1. The molecule has 0 radical (unpaired) electrons. The van der Waals surface area contributed by atoms with E-state index in [1.807, 2.05) is 0 Å². The van der Waals surface area contributed by atoms with Crippen LogP contribution in [-0.4, -0.2) is 31.1 Å². The Labute approximate surface area is 57.0 Å². The van der Waals surface area contributed by atoms with Crippen molar-refractivity contribution >= 4 is 0 Å². The molecule has 1 fully saturated rings. The van der Waals surface area contributed by atoms with Gasteiger partial charge >= 0.3 is 0 Å². The van der Waals surface area contributed by atoms with Crippen molar-refractivity contribution in [1.29, 1.82) is 0 Å². The van der Waals surface area contributed by atoms with Crippen LogP contribution in [0.4, 0.5) is 0 Å². The van der Waals surface area contributed by atoms with Gasteiger partial charge in [-0.2, -0.15) is 0 Å². The Bertz CT molecular complexity index is 90.9. The topological polar surface area (TPSA) is 29.3 Å². The van der Waals surface area contributed by atoms with E-state index in [9.17, 15) is 0 Å². The molecule has 2 nitrogen and oxygen atoms in total. The molecule has 1 aliphatic carbocycles. The van der Waals surface area contributed by atoms with Crippen LogP contribution in [0.15, 0.2) is 0 Å². The third-order valence-corrected chi connectivity index (χ3v) is 2.19. The molecule has 9 heavy (non-hydrogen) atoms. The summed E-state index contributed by atoms with van der Waals surface area (Å²) in [5.41, 5.74) is 5.84. The summed E-state index contributed by atoms with van der Waals surface area (Å²) in [5, 5.41) is 0. The van der Waals surface area contributed by atoms with Gasteiger partial charge in [-0.25, -0.2) is 0 Å². The molecular weight excluding hydrogens is 112 g/mol. The lowest BCUT2D eigenvalue weighted by molar-refractivity contribution is 0.277. The van der Waals surface area contributed by atoms with E-state index in [1.54, 1.807) is 0 Å². The molecule has 2 heteroatoms. The maximum absolute atomic E-state index is 5.84. The summed E-state index contributed by atoms with van der Waals surface area (Å²) in [4.78, 5) is 2.23. The highest BCUT2D eigenvalue weighted by Crippen LogP contribution is 2.20. The summed E-state index contributed by atoms with van der Waals surface area (Å²) >= 11 is 0. The fourth-order valence-corrected chi connectivity index (χ4v) is 1.61. The van der Waals surface area contributed by atoms with Crippen molar-refractivity contribution in [2.24, 2.45) is 5.73 Å². The van der Waals surface area contributed by atoms with E-state index >= 15 is 0 Å². The fraction of sp³-hybridized carbons (Fsp3) is 1.00. The minimum Gasteiger partial charge on any atom is -0.326 e. The fourth-order valence-electron chi connectivity index (χ4n) is 1.61. The lowest BCUT2D eigenvalue weighted by atomic mass is 10.2. The van der Waals surface area contributed by atoms with Crippen LogP contribution in [-0.2, 0) is 0 Å². The quantitative estimate of drug-likeness (QED) is 0.555. The first kappa shape index (κ1) is 7.03. The molecule has 2 N–H and O–H groups in total. The first-order valence-electron chi connectivity index (χ1n) is 3.64. The van der Waals surface area contributed by atoms with Gasteiger partial charge in [0.1, 0.15) is 0 Å². The Kier molecular flexibility index (Phi) is 2.09. The molecule has 0 bridgehead atoms. The van der Waals surface area contributed by atoms with E-state index in [1.165, 1.54) is 19.3 Å². The highest BCUT2D eigenvalue weighted by molar-refractivity contribution is 4.85. The van der Waals surface area contributed by atoms with Crippen LogP contribution in [0.3, 0.4) is 0 Å². The molecule has 1 saturated carbocycles. The van der Waals surface area contributed by atoms with Gasteiger partial charge in [-0.05, 0) is 26.9 Å². The number of nitrogens with zero attached hydrogens (tertiary/aromatic N) is 1. The highest BCUT2D eigenvalue weighted by atomic mass is 15.1. The predicted octanol–water partition coefficient (Wildman–Crippen LogP) is 0.428. The van der Waals surface area contributed by atoms with Gasteiger partial charge in [0.2, 0.25) is 0 Å². The predicted molar refractivity (Wildman–Crippen MR) is 39.3 cm³/mol. The largest absolute Gasteiger partial charge is 0.326 e. The molecule has 1 rings (SSSR count). The van der Waals surface area contributed by atoms with Gasteiger partial charge in [-0.15, -0.1) is 0 Å². The van der Waals surface area contributed by atoms with Crippen molar-refractivity contribution in [3.05, 3.63) is 0 Å². The van der Waals surface area contributed by atoms with Crippen LogP contribution in [0.25, 0.3) is 0 Å². The SMILES string of the molecule is CN(C)C1CCCC1N. The third kappa shape index (κ3) is 1.43. The molecule has 1 aliphatic rings. The Morgan fingerprint density at radius 3 is 2.22 bits per heavy atom. The first-order chi connectivity index (χ1) is 4.22. The molecule has 0 aromatic carbocycles. The van der Waals surface area contributed by atoms with E-state index in [4.69, 9.17) is 5.73 Å². The minimum atomic E-state index is 0.431. The van der Waals surface area contributed by atoms with Gasteiger partial charge in [0.25, 0.3) is 0 Å². The van der Waals surface area contributed by atoms with Gasteiger partial charge in [-0.3, -0.25) is 0 Å². The Balaban J connectivity index is 2.40. The zero-order valence-corrected chi connectivity index (χ0v) is 6.30. The van der Waals surface area contributed by atoms with Gasteiger partial charge in [0.15, 0.2) is 0 Å². The number of hydrogen-bond acceptors (Lipinski definition) is 2. The van der Waals surface area contributed by atoms with Gasteiger partial charge in [0, 0.05) is 12.1 Å². The summed E-state index contributed by atoms with van der Waals surface area (Å²) in [6, 6.07) is 1.07. The summed E-state index contributed by atoms with van der Waals surface area (Å²) < 4.78 is 0.